The maximum absolute atomic E-state index is 5.65. The Bertz CT molecular complexity index is 796. The first-order chi connectivity index (χ1) is 14.2. The van der Waals surface area contributed by atoms with Crippen LogP contribution in [-0.2, 0) is 19.5 Å². The van der Waals surface area contributed by atoms with Crippen molar-refractivity contribution in [3.8, 4) is 0 Å². The summed E-state index contributed by atoms with van der Waals surface area (Å²) >= 11 is 0. The summed E-state index contributed by atoms with van der Waals surface area (Å²) in [7, 11) is 2.03. The minimum absolute atomic E-state index is 0.153. The van der Waals surface area contributed by atoms with Crippen LogP contribution < -0.4 is 11.1 Å². The predicted octanol–water partition coefficient (Wildman–Crippen LogP) is 2.77. The van der Waals surface area contributed by atoms with Crippen molar-refractivity contribution in [3.05, 3.63) is 71.8 Å². The second kappa shape index (κ2) is 10.9. The standard InChI is InChI=1S/C22H33N7/c1-17(22-27-12-13-28-22)29(16-21-25-10-11-26-21)15-19-7-5-18(6-8-19)14-20(24-2)4-3-9-23/h5-8,10-13,17,20,24H,3-4,9,14-16,23H2,1-2H3,(H,25,26)(H,27,28). The van der Waals surface area contributed by atoms with Gasteiger partial charge in [0.1, 0.15) is 11.6 Å². The lowest BCUT2D eigenvalue weighted by Crippen LogP contribution is -2.28. The molecule has 0 saturated heterocycles. The van der Waals surface area contributed by atoms with Crippen molar-refractivity contribution >= 4 is 0 Å². The zero-order chi connectivity index (χ0) is 20.5. The number of nitrogens with two attached hydrogens (primary N) is 1. The number of rotatable bonds is 12. The van der Waals surface area contributed by atoms with E-state index in [9.17, 15) is 0 Å². The molecular formula is C22H33N7. The van der Waals surface area contributed by atoms with Crippen molar-refractivity contribution in [2.75, 3.05) is 13.6 Å². The van der Waals surface area contributed by atoms with Crippen LogP contribution in [0.1, 0.15) is 48.6 Å². The number of hydrogen-bond acceptors (Lipinski definition) is 5. The quantitative estimate of drug-likeness (QED) is 0.378. The highest BCUT2D eigenvalue weighted by Gasteiger charge is 2.19. The second-order valence-corrected chi connectivity index (χ2v) is 7.53. The molecule has 2 unspecified atom stereocenters. The molecule has 0 fully saturated rings. The summed E-state index contributed by atoms with van der Waals surface area (Å²) in [6.45, 7) is 4.48. The average molecular weight is 396 g/mol. The maximum Gasteiger partial charge on any atom is 0.123 e. The number of nitrogens with one attached hydrogen (secondary N) is 3. The van der Waals surface area contributed by atoms with Crippen LogP contribution in [0.3, 0.4) is 0 Å². The third-order valence-corrected chi connectivity index (χ3v) is 5.43. The Hall–Kier alpha value is -2.48. The Morgan fingerprint density at radius 2 is 1.76 bits per heavy atom. The molecule has 29 heavy (non-hydrogen) atoms. The molecular weight excluding hydrogens is 362 g/mol. The molecule has 7 nitrogen and oxygen atoms in total. The lowest BCUT2D eigenvalue weighted by molar-refractivity contribution is 0.181. The zero-order valence-corrected chi connectivity index (χ0v) is 17.4. The van der Waals surface area contributed by atoms with E-state index in [-0.39, 0.29) is 6.04 Å². The molecule has 0 aliphatic carbocycles. The van der Waals surface area contributed by atoms with Gasteiger partial charge in [-0.25, -0.2) is 9.97 Å². The molecule has 0 saturated carbocycles. The molecule has 3 aromatic rings. The molecule has 0 radical (unpaired) electrons. The van der Waals surface area contributed by atoms with E-state index in [1.54, 1.807) is 12.4 Å². The lowest BCUT2D eigenvalue weighted by atomic mass is 10.0. The van der Waals surface area contributed by atoms with Crippen LogP contribution in [0.4, 0.5) is 0 Å². The van der Waals surface area contributed by atoms with Gasteiger partial charge in [-0.05, 0) is 50.9 Å². The highest BCUT2D eigenvalue weighted by atomic mass is 15.2. The molecule has 3 rings (SSSR count). The fraction of sp³-hybridized carbons (Fsp3) is 0.455. The van der Waals surface area contributed by atoms with Crippen LogP contribution >= 0.6 is 0 Å². The summed E-state index contributed by atoms with van der Waals surface area (Å²) in [6, 6.07) is 9.57. The Balaban J connectivity index is 1.67. The van der Waals surface area contributed by atoms with Crippen molar-refractivity contribution in [1.29, 1.82) is 0 Å². The van der Waals surface area contributed by atoms with Crippen molar-refractivity contribution in [2.45, 2.75) is 51.4 Å². The number of H-pyrrole nitrogens is 2. The van der Waals surface area contributed by atoms with Gasteiger partial charge in [0.05, 0.1) is 12.6 Å². The zero-order valence-electron chi connectivity index (χ0n) is 17.4. The number of aromatic amines is 2. The van der Waals surface area contributed by atoms with Gasteiger partial charge in [-0.3, -0.25) is 4.90 Å². The first-order valence-corrected chi connectivity index (χ1v) is 10.4. The molecule has 0 aliphatic rings. The van der Waals surface area contributed by atoms with Crippen molar-refractivity contribution < 1.29 is 0 Å². The van der Waals surface area contributed by atoms with E-state index in [0.717, 1.165) is 50.5 Å². The normalized spacial score (nSPS) is 13.7. The number of nitrogens with zero attached hydrogens (tertiary/aromatic N) is 3. The van der Waals surface area contributed by atoms with Gasteiger partial charge < -0.3 is 21.0 Å². The van der Waals surface area contributed by atoms with Crippen molar-refractivity contribution in [2.24, 2.45) is 5.73 Å². The van der Waals surface area contributed by atoms with Gasteiger partial charge in [-0.15, -0.1) is 0 Å². The largest absolute Gasteiger partial charge is 0.348 e. The van der Waals surface area contributed by atoms with Crippen LogP contribution in [0.2, 0.25) is 0 Å². The van der Waals surface area contributed by atoms with E-state index in [1.165, 1.54) is 11.1 Å². The summed E-state index contributed by atoms with van der Waals surface area (Å²) in [5.74, 6) is 1.92. The molecule has 1 aromatic carbocycles. The molecule has 2 atom stereocenters. The van der Waals surface area contributed by atoms with E-state index in [1.807, 2.05) is 19.4 Å². The fourth-order valence-electron chi connectivity index (χ4n) is 3.60. The van der Waals surface area contributed by atoms with Gasteiger partial charge in [0.25, 0.3) is 0 Å². The lowest BCUT2D eigenvalue weighted by Gasteiger charge is -2.27. The Kier molecular flexibility index (Phi) is 7.98. The summed E-state index contributed by atoms with van der Waals surface area (Å²) < 4.78 is 0. The number of imidazole rings is 2. The summed E-state index contributed by atoms with van der Waals surface area (Å²) in [6.07, 6.45) is 10.5. The smallest absolute Gasteiger partial charge is 0.123 e. The van der Waals surface area contributed by atoms with E-state index in [2.05, 4.69) is 61.3 Å². The summed E-state index contributed by atoms with van der Waals surface area (Å²) in [5, 5.41) is 3.40. The third-order valence-electron chi connectivity index (χ3n) is 5.43. The van der Waals surface area contributed by atoms with Gasteiger partial charge in [0.15, 0.2) is 0 Å². The van der Waals surface area contributed by atoms with Gasteiger partial charge >= 0.3 is 0 Å². The van der Waals surface area contributed by atoms with Crippen molar-refractivity contribution in [3.63, 3.8) is 0 Å². The molecule has 5 N–H and O–H groups in total. The highest BCUT2D eigenvalue weighted by molar-refractivity contribution is 5.23. The highest BCUT2D eigenvalue weighted by Crippen LogP contribution is 2.22. The first kappa shape index (κ1) is 21.2. The predicted molar refractivity (Wildman–Crippen MR) is 116 cm³/mol. The Morgan fingerprint density at radius 3 is 2.38 bits per heavy atom. The third kappa shape index (κ3) is 6.25. The Labute approximate surface area is 173 Å². The summed E-state index contributed by atoms with van der Waals surface area (Å²) in [4.78, 5) is 17.7. The molecule has 156 valence electrons. The second-order valence-electron chi connectivity index (χ2n) is 7.53. The van der Waals surface area contributed by atoms with Crippen molar-refractivity contribution in [1.82, 2.24) is 30.2 Å². The Morgan fingerprint density at radius 1 is 1.03 bits per heavy atom. The number of benzene rings is 1. The molecule has 2 heterocycles. The molecule has 0 spiro atoms. The van der Waals surface area contributed by atoms with Crippen LogP contribution in [0, 0.1) is 0 Å². The van der Waals surface area contributed by atoms with Gasteiger partial charge in [0, 0.05) is 37.4 Å². The number of likely N-dealkylation sites (N-methyl/N-ethyl adjacent to an activating group) is 1. The molecule has 7 heteroatoms. The number of aromatic nitrogens is 4. The topological polar surface area (TPSA) is 98.7 Å². The average Bonchev–Trinajstić information content (AvgIpc) is 3.45. The van der Waals surface area contributed by atoms with E-state index in [0.29, 0.717) is 6.04 Å². The fourth-order valence-corrected chi connectivity index (χ4v) is 3.60. The van der Waals surface area contributed by atoms with Crippen LogP contribution in [-0.4, -0.2) is 44.5 Å². The molecule has 2 aromatic heterocycles. The number of hydrogen-bond donors (Lipinski definition) is 4. The van der Waals surface area contributed by atoms with Crippen LogP contribution in [0.5, 0.6) is 0 Å². The van der Waals surface area contributed by atoms with E-state index < -0.39 is 0 Å². The SMILES string of the molecule is CNC(CCCN)Cc1ccc(CN(Cc2ncc[nH]2)C(C)c2ncc[nH]2)cc1. The molecule has 0 aliphatic heterocycles. The van der Waals surface area contributed by atoms with Gasteiger partial charge in [0.2, 0.25) is 0 Å². The van der Waals surface area contributed by atoms with Gasteiger partial charge in [-0.1, -0.05) is 24.3 Å². The van der Waals surface area contributed by atoms with E-state index >= 15 is 0 Å². The van der Waals surface area contributed by atoms with Crippen LogP contribution in [0.15, 0.2) is 49.1 Å². The minimum atomic E-state index is 0.153. The maximum atomic E-state index is 5.65. The first-order valence-electron chi connectivity index (χ1n) is 10.4. The van der Waals surface area contributed by atoms with E-state index in [4.69, 9.17) is 5.73 Å². The molecule has 0 amide bonds. The molecule has 0 bridgehead atoms. The minimum Gasteiger partial charge on any atom is -0.348 e. The van der Waals surface area contributed by atoms with Gasteiger partial charge in [-0.2, -0.15) is 0 Å². The monoisotopic (exact) mass is 395 g/mol. The van der Waals surface area contributed by atoms with Crippen LogP contribution in [0.25, 0.3) is 0 Å². The summed E-state index contributed by atoms with van der Waals surface area (Å²) in [5.41, 5.74) is 8.28.